The van der Waals surface area contributed by atoms with Crippen LogP contribution in [-0.2, 0) is 33.2 Å². The summed E-state index contributed by atoms with van der Waals surface area (Å²) in [6.45, 7) is 18.4. The Morgan fingerprint density at radius 1 is 0.210 bits per heavy atom. The van der Waals surface area contributed by atoms with Crippen molar-refractivity contribution >= 4 is 0 Å². The number of hydrogen-bond donors (Lipinski definition) is 0. The van der Waals surface area contributed by atoms with Crippen molar-refractivity contribution in [1.82, 2.24) is 0 Å². The van der Waals surface area contributed by atoms with Crippen molar-refractivity contribution in [2.45, 2.75) is 413 Å². The molecule has 0 aromatic heterocycles. The van der Waals surface area contributed by atoms with Gasteiger partial charge in [-0.3, -0.25) is 0 Å². The van der Waals surface area contributed by atoms with Gasteiger partial charge in [-0.25, -0.2) is 0 Å². The summed E-state index contributed by atoms with van der Waals surface area (Å²) in [6.07, 6.45) is 77.1. The lowest BCUT2D eigenvalue weighted by atomic mass is 10.1. The Kier molecular flexibility index (Phi) is 71.0. The summed E-state index contributed by atoms with van der Waals surface area (Å²) < 4.78 is 44.3. The minimum atomic E-state index is -0.376. The smallest absolute Gasteiger partial charge is 0.180 e. The normalized spacial score (nSPS) is 12.9. The molecular formula is C74H146O7. The van der Waals surface area contributed by atoms with Crippen LogP contribution in [0.5, 0.6) is 0 Å². The van der Waals surface area contributed by atoms with E-state index in [1.165, 1.54) is 295 Å². The molecule has 2 atom stereocenters. The lowest BCUT2D eigenvalue weighted by molar-refractivity contribution is -0.208. The SMILES string of the molecule is CCCCCCCCCOC(CCCCCCCCCCCC=CC(OCCCC)OC(C=CCCCCCCCCCCCC(OCCCCCCCCC)OCCCCCCCCC)OCCCC)OCCCCCCCCC. The van der Waals surface area contributed by atoms with E-state index in [1.54, 1.807) is 0 Å². The third kappa shape index (κ3) is 65.0. The van der Waals surface area contributed by atoms with Crippen molar-refractivity contribution in [2.75, 3.05) is 39.6 Å². The number of rotatable bonds is 72. The lowest BCUT2D eigenvalue weighted by Crippen LogP contribution is -2.25. The molecule has 484 valence electrons. The molecule has 0 fully saturated rings. The molecule has 0 aromatic rings. The highest BCUT2D eigenvalue weighted by Crippen LogP contribution is 2.20. The summed E-state index contributed by atoms with van der Waals surface area (Å²) in [5.41, 5.74) is 0. The van der Waals surface area contributed by atoms with E-state index in [-0.39, 0.29) is 25.2 Å². The van der Waals surface area contributed by atoms with Crippen molar-refractivity contribution in [3.05, 3.63) is 24.3 Å². The maximum absolute atomic E-state index is 6.48. The van der Waals surface area contributed by atoms with Gasteiger partial charge < -0.3 is 33.2 Å². The quantitative estimate of drug-likeness (QED) is 0.0342. The Morgan fingerprint density at radius 3 is 0.679 bits per heavy atom. The van der Waals surface area contributed by atoms with Gasteiger partial charge in [0.15, 0.2) is 25.2 Å². The first-order valence-corrected chi connectivity index (χ1v) is 36.8. The molecule has 81 heavy (non-hydrogen) atoms. The monoisotopic (exact) mass is 1150 g/mol. The topological polar surface area (TPSA) is 64.6 Å². The molecule has 0 N–H and O–H groups in total. The van der Waals surface area contributed by atoms with E-state index in [4.69, 9.17) is 33.2 Å². The maximum Gasteiger partial charge on any atom is 0.180 e. The Hall–Kier alpha value is -0.800. The van der Waals surface area contributed by atoms with Gasteiger partial charge in [0, 0.05) is 26.4 Å². The van der Waals surface area contributed by atoms with Crippen LogP contribution in [-0.4, -0.2) is 64.8 Å². The molecule has 0 saturated carbocycles. The first-order valence-electron chi connectivity index (χ1n) is 36.8. The minimum absolute atomic E-state index is 0.00595. The number of ether oxygens (including phenoxy) is 7. The third-order valence-electron chi connectivity index (χ3n) is 16.2. The second-order valence-corrected chi connectivity index (χ2v) is 24.5. The van der Waals surface area contributed by atoms with E-state index in [1.807, 2.05) is 0 Å². The van der Waals surface area contributed by atoms with Crippen molar-refractivity contribution in [3.63, 3.8) is 0 Å². The molecule has 0 aliphatic carbocycles. The van der Waals surface area contributed by atoms with Crippen molar-refractivity contribution in [2.24, 2.45) is 0 Å². The predicted octanol–water partition coefficient (Wildman–Crippen LogP) is 24.7. The van der Waals surface area contributed by atoms with E-state index in [0.29, 0.717) is 13.2 Å². The van der Waals surface area contributed by atoms with E-state index in [0.717, 1.165) is 77.8 Å². The fourth-order valence-electron chi connectivity index (χ4n) is 10.7. The summed E-state index contributed by atoms with van der Waals surface area (Å²) in [4.78, 5) is 0. The Bertz CT molecular complexity index is 1050. The molecule has 0 aliphatic rings. The van der Waals surface area contributed by atoms with Crippen LogP contribution in [0.3, 0.4) is 0 Å². The van der Waals surface area contributed by atoms with Crippen molar-refractivity contribution in [1.29, 1.82) is 0 Å². The van der Waals surface area contributed by atoms with Crippen LogP contribution in [0.2, 0.25) is 0 Å². The molecule has 7 heteroatoms. The van der Waals surface area contributed by atoms with Gasteiger partial charge >= 0.3 is 0 Å². The van der Waals surface area contributed by atoms with Crippen LogP contribution in [0.4, 0.5) is 0 Å². The first kappa shape index (κ1) is 80.2. The minimum Gasteiger partial charge on any atom is -0.353 e. The number of hydrogen-bond acceptors (Lipinski definition) is 7. The largest absolute Gasteiger partial charge is 0.353 e. The summed E-state index contributed by atoms with van der Waals surface area (Å²) >= 11 is 0. The Morgan fingerprint density at radius 2 is 0.420 bits per heavy atom. The van der Waals surface area contributed by atoms with Gasteiger partial charge in [-0.1, -0.05) is 311 Å². The van der Waals surface area contributed by atoms with Crippen molar-refractivity contribution < 1.29 is 33.2 Å². The molecule has 0 saturated heterocycles. The highest BCUT2D eigenvalue weighted by molar-refractivity contribution is 4.90. The molecular weight excluding hydrogens is 1000 g/mol. The predicted molar refractivity (Wildman–Crippen MR) is 354 cm³/mol. The van der Waals surface area contributed by atoms with Crippen molar-refractivity contribution in [3.8, 4) is 0 Å². The molecule has 0 aliphatic heterocycles. The van der Waals surface area contributed by atoms with Crippen LogP contribution in [0, 0.1) is 0 Å². The van der Waals surface area contributed by atoms with E-state index in [2.05, 4.69) is 65.8 Å². The standard InChI is InChI=1S/C74H146O7/c1-7-13-19-23-41-49-57-67-75-71(76-68-58-50-42-24-20-14-8-2)61-53-45-37-33-29-27-31-35-39-47-55-63-73(79-65-17-11-5)81-74(80-66-18-12-6)64-56-48-40-36-32-28-30-34-38-46-54-62-72(77-69-59-51-43-25-21-15-9-3)78-70-60-52-44-26-22-16-10-4/h55-56,63-64,71-74H,7-54,57-62,65-70H2,1-6H3. The van der Waals surface area contributed by atoms with Crippen LogP contribution in [0.15, 0.2) is 24.3 Å². The molecule has 2 unspecified atom stereocenters. The van der Waals surface area contributed by atoms with Crippen LogP contribution >= 0.6 is 0 Å². The van der Waals surface area contributed by atoms with Gasteiger partial charge in [-0.05, 0) is 102 Å². The molecule has 0 radical (unpaired) electrons. The average Bonchev–Trinajstić information content (AvgIpc) is 3.47. The number of unbranched alkanes of at least 4 members (excludes halogenated alkanes) is 44. The third-order valence-corrected chi connectivity index (χ3v) is 16.2. The van der Waals surface area contributed by atoms with E-state index < -0.39 is 0 Å². The molecule has 0 bridgehead atoms. The maximum atomic E-state index is 6.48. The van der Waals surface area contributed by atoms with E-state index >= 15 is 0 Å². The molecule has 0 spiro atoms. The summed E-state index contributed by atoms with van der Waals surface area (Å²) in [7, 11) is 0. The highest BCUT2D eigenvalue weighted by atomic mass is 16.8. The van der Waals surface area contributed by atoms with Gasteiger partial charge in [0.05, 0.1) is 13.2 Å². The highest BCUT2D eigenvalue weighted by Gasteiger charge is 2.15. The summed E-state index contributed by atoms with van der Waals surface area (Å²) in [5, 5.41) is 0. The van der Waals surface area contributed by atoms with E-state index in [9.17, 15) is 0 Å². The second kappa shape index (κ2) is 71.7. The Balaban J connectivity index is 4.50. The van der Waals surface area contributed by atoms with Gasteiger partial charge in [0.1, 0.15) is 0 Å². The molecule has 0 heterocycles. The Labute approximate surface area is 508 Å². The van der Waals surface area contributed by atoms with Gasteiger partial charge in [0.2, 0.25) is 0 Å². The van der Waals surface area contributed by atoms with Crippen LogP contribution < -0.4 is 0 Å². The van der Waals surface area contributed by atoms with Gasteiger partial charge in [0.25, 0.3) is 0 Å². The lowest BCUT2D eigenvalue weighted by Gasteiger charge is -2.21. The zero-order valence-electron chi connectivity index (χ0n) is 55.9. The van der Waals surface area contributed by atoms with Gasteiger partial charge in [-0.2, -0.15) is 0 Å². The fraction of sp³-hybridized carbons (Fsp3) is 0.946. The zero-order chi connectivity index (χ0) is 58.5. The molecule has 7 nitrogen and oxygen atoms in total. The van der Waals surface area contributed by atoms with Gasteiger partial charge in [-0.15, -0.1) is 0 Å². The second-order valence-electron chi connectivity index (χ2n) is 24.5. The zero-order valence-corrected chi connectivity index (χ0v) is 55.9. The first-order chi connectivity index (χ1) is 40.1. The number of allylic oxidation sites excluding steroid dienone is 2. The summed E-state index contributed by atoms with van der Waals surface area (Å²) in [6, 6.07) is 0. The van der Waals surface area contributed by atoms with Crippen LogP contribution in [0.25, 0.3) is 0 Å². The summed E-state index contributed by atoms with van der Waals surface area (Å²) in [5.74, 6) is 0. The molecule has 0 aromatic carbocycles. The molecule has 0 amide bonds. The van der Waals surface area contributed by atoms with Crippen LogP contribution in [0.1, 0.15) is 388 Å². The average molecular weight is 1150 g/mol. The fourth-order valence-corrected chi connectivity index (χ4v) is 10.7. The molecule has 0 rings (SSSR count).